The molecular weight excluding hydrogens is 268 g/mol. The second-order valence-corrected chi connectivity index (χ2v) is 5.57. The van der Waals surface area contributed by atoms with Crippen molar-refractivity contribution in [2.75, 3.05) is 6.61 Å². The molecule has 0 radical (unpaired) electrons. The van der Waals surface area contributed by atoms with E-state index >= 15 is 0 Å². The molecule has 1 atom stereocenters. The molecule has 3 nitrogen and oxygen atoms in total. The summed E-state index contributed by atoms with van der Waals surface area (Å²) in [5.74, 6) is 0.960. The summed E-state index contributed by atoms with van der Waals surface area (Å²) in [6.45, 7) is 2.73. The summed E-state index contributed by atoms with van der Waals surface area (Å²) in [7, 11) is 0. The number of H-pyrrole nitrogens is 1. The van der Waals surface area contributed by atoms with E-state index in [4.69, 9.17) is 17.0 Å². The van der Waals surface area contributed by atoms with Crippen molar-refractivity contribution < 1.29 is 4.74 Å². The minimum absolute atomic E-state index is 0.147. The van der Waals surface area contributed by atoms with Gasteiger partial charge in [0.05, 0.1) is 17.1 Å². The molecule has 0 saturated carbocycles. The van der Waals surface area contributed by atoms with Crippen LogP contribution < -0.4 is 4.74 Å². The number of hydrogen-bond acceptors (Lipinski definition) is 2. The van der Waals surface area contributed by atoms with E-state index in [0.29, 0.717) is 6.61 Å². The van der Waals surface area contributed by atoms with E-state index in [2.05, 4.69) is 40.7 Å². The molecule has 4 rings (SSSR count). The van der Waals surface area contributed by atoms with Crippen LogP contribution in [-0.2, 0) is 0 Å². The first-order valence-corrected chi connectivity index (χ1v) is 7.07. The second-order valence-electron chi connectivity index (χ2n) is 5.19. The molecule has 1 N–H and O–H groups in total. The lowest BCUT2D eigenvalue weighted by atomic mass is 10.1. The zero-order chi connectivity index (χ0) is 13.7. The monoisotopic (exact) mass is 282 g/mol. The molecule has 2 aromatic carbocycles. The molecule has 1 aliphatic rings. The third-order valence-electron chi connectivity index (χ3n) is 3.86. The number of benzene rings is 2. The SMILES string of the molecule is Cc1ccc2[nH]c(=S)n(C3COc4ccccc43)c2c1. The molecule has 3 aromatic rings. The standard InChI is InChI=1S/C16H14N2OS/c1-10-6-7-12-13(8-10)18(16(20)17-12)14-9-19-15-5-3-2-4-11(14)15/h2-8,14H,9H2,1H3,(H,17,20). The Bertz CT molecular complexity index is 862. The van der Waals surface area contributed by atoms with Crippen LogP contribution in [0.4, 0.5) is 0 Å². The van der Waals surface area contributed by atoms with E-state index in [0.717, 1.165) is 21.6 Å². The highest BCUT2D eigenvalue weighted by Crippen LogP contribution is 2.36. The zero-order valence-electron chi connectivity index (χ0n) is 11.1. The molecule has 100 valence electrons. The topological polar surface area (TPSA) is 29.9 Å². The first-order valence-electron chi connectivity index (χ1n) is 6.66. The average molecular weight is 282 g/mol. The molecule has 0 spiro atoms. The number of imidazole rings is 1. The van der Waals surface area contributed by atoms with Crippen LogP contribution in [0, 0.1) is 11.7 Å². The lowest BCUT2D eigenvalue weighted by Gasteiger charge is -2.12. The van der Waals surface area contributed by atoms with E-state index < -0.39 is 0 Å². The van der Waals surface area contributed by atoms with Crippen LogP contribution in [0.2, 0.25) is 0 Å². The number of rotatable bonds is 1. The predicted molar refractivity (Wildman–Crippen MR) is 81.9 cm³/mol. The Balaban J connectivity index is 1.98. The maximum atomic E-state index is 5.79. The van der Waals surface area contributed by atoms with Crippen LogP contribution in [0.5, 0.6) is 5.75 Å². The molecule has 1 aromatic heterocycles. The largest absolute Gasteiger partial charge is 0.491 e. The summed E-state index contributed by atoms with van der Waals surface area (Å²) in [5, 5.41) is 0. The zero-order valence-corrected chi connectivity index (χ0v) is 11.9. The van der Waals surface area contributed by atoms with Crippen molar-refractivity contribution in [3.8, 4) is 5.75 Å². The number of aromatic amines is 1. The van der Waals surface area contributed by atoms with Gasteiger partial charge in [-0.3, -0.25) is 0 Å². The minimum atomic E-state index is 0.147. The van der Waals surface area contributed by atoms with Crippen LogP contribution in [0.3, 0.4) is 0 Å². The third kappa shape index (κ3) is 1.61. The van der Waals surface area contributed by atoms with Crippen LogP contribution >= 0.6 is 12.2 Å². The number of hydrogen-bond donors (Lipinski definition) is 1. The van der Waals surface area contributed by atoms with E-state index in [9.17, 15) is 0 Å². The molecule has 0 fully saturated rings. The van der Waals surface area contributed by atoms with Gasteiger partial charge in [0.1, 0.15) is 12.4 Å². The van der Waals surface area contributed by atoms with Gasteiger partial charge in [-0.1, -0.05) is 24.3 Å². The van der Waals surface area contributed by atoms with E-state index in [1.165, 1.54) is 11.1 Å². The highest BCUT2D eigenvalue weighted by atomic mass is 32.1. The van der Waals surface area contributed by atoms with Crippen molar-refractivity contribution in [2.24, 2.45) is 0 Å². The number of nitrogens with zero attached hydrogens (tertiary/aromatic N) is 1. The third-order valence-corrected chi connectivity index (χ3v) is 4.16. The molecule has 0 aliphatic carbocycles. The summed E-state index contributed by atoms with van der Waals surface area (Å²) in [6, 6.07) is 14.7. The predicted octanol–water partition coefficient (Wildman–Crippen LogP) is 3.99. The van der Waals surface area contributed by atoms with Gasteiger partial charge in [0, 0.05) is 5.56 Å². The van der Waals surface area contributed by atoms with Crippen molar-refractivity contribution in [3.63, 3.8) is 0 Å². The lowest BCUT2D eigenvalue weighted by molar-refractivity contribution is 0.318. The Morgan fingerprint density at radius 2 is 2.10 bits per heavy atom. The summed E-state index contributed by atoms with van der Waals surface area (Å²) >= 11 is 5.51. The normalized spacial score (nSPS) is 17.1. The summed E-state index contributed by atoms with van der Waals surface area (Å²) in [6.07, 6.45) is 0. The number of para-hydroxylation sites is 1. The summed E-state index contributed by atoms with van der Waals surface area (Å²) < 4.78 is 8.70. The lowest BCUT2D eigenvalue weighted by Crippen LogP contribution is -2.12. The molecule has 1 unspecified atom stereocenters. The van der Waals surface area contributed by atoms with Gasteiger partial charge in [-0.2, -0.15) is 0 Å². The molecule has 1 aliphatic heterocycles. The first-order chi connectivity index (χ1) is 9.74. The van der Waals surface area contributed by atoms with Crippen LogP contribution in [-0.4, -0.2) is 16.2 Å². The smallest absolute Gasteiger partial charge is 0.178 e. The molecule has 4 heteroatoms. The van der Waals surface area contributed by atoms with Crippen LogP contribution in [0.1, 0.15) is 17.2 Å². The van der Waals surface area contributed by atoms with E-state index in [1.54, 1.807) is 0 Å². The van der Waals surface area contributed by atoms with Gasteiger partial charge < -0.3 is 14.3 Å². The molecule has 20 heavy (non-hydrogen) atoms. The van der Waals surface area contributed by atoms with Gasteiger partial charge in [0.25, 0.3) is 0 Å². The van der Waals surface area contributed by atoms with Crippen molar-refractivity contribution in [2.45, 2.75) is 13.0 Å². The first kappa shape index (κ1) is 11.7. The molecule has 2 heterocycles. The molecular formula is C16H14N2OS. The Hall–Kier alpha value is -2.07. The van der Waals surface area contributed by atoms with Gasteiger partial charge in [-0.15, -0.1) is 0 Å². The maximum absolute atomic E-state index is 5.79. The Labute approximate surface area is 121 Å². The highest BCUT2D eigenvalue weighted by Gasteiger charge is 2.27. The van der Waals surface area contributed by atoms with Gasteiger partial charge in [0.15, 0.2) is 4.77 Å². The van der Waals surface area contributed by atoms with Gasteiger partial charge in [-0.25, -0.2) is 0 Å². The quantitative estimate of drug-likeness (QED) is 0.684. The fraction of sp³-hybridized carbons (Fsp3) is 0.188. The van der Waals surface area contributed by atoms with Gasteiger partial charge in [-0.05, 0) is 42.9 Å². The Morgan fingerprint density at radius 1 is 1.25 bits per heavy atom. The number of fused-ring (bicyclic) bond motifs is 2. The Morgan fingerprint density at radius 3 is 3.00 bits per heavy atom. The fourth-order valence-corrected chi connectivity index (χ4v) is 3.24. The van der Waals surface area contributed by atoms with Gasteiger partial charge >= 0.3 is 0 Å². The average Bonchev–Trinajstić information content (AvgIpc) is 2.99. The van der Waals surface area contributed by atoms with Crippen molar-refractivity contribution in [3.05, 3.63) is 58.4 Å². The number of aryl methyl sites for hydroxylation is 1. The Kier molecular flexibility index (Phi) is 2.47. The fourth-order valence-electron chi connectivity index (χ4n) is 2.90. The van der Waals surface area contributed by atoms with Crippen molar-refractivity contribution >= 4 is 23.3 Å². The molecule has 0 amide bonds. The van der Waals surface area contributed by atoms with E-state index in [-0.39, 0.29) is 6.04 Å². The summed E-state index contributed by atoms with van der Waals surface area (Å²) in [4.78, 5) is 3.28. The van der Waals surface area contributed by atoms with Gasteiger partial charge in [0.2, 0.25) is 0 Å². The number of nitrogens with one attached hydrogen (secondary N) is 1. The van der Waals surface area contributed by atoms with Crippen molar-refractivity contribution in [1.29, 1.82) is 0 Å². The molecule has 0 saturated heterocycles. The maximum Gasteiger partial charge on any atom is 0.178 e. The number of aromatic nitrogens is 2. The highest BCUT2D eigenvalue weighted by molar-refractivity contribution is 7.71. The molecule has 0 bridgehead atoms. The summed E-state index contributed by atoms with van der Waals surface area (Å²) in [5.41, 5.74) is 4.64. The van der Waals surface area contributed by atoms with Crippen LogP contribution in [0.15, 0.2) is 42.5 Å². The van der Waals surface area contributed by atoms with Crippen molar-refractivity contribution in [1.82, 2.24) is 9.55 Å². The number of ether oxygens (including phenoxy) is 1. The van der Waals surface area contributed by atoms with Crippen LogP contribution in [0.25, 0.3) is 11.0 Å². The minimum Gasteiger partial charge on any atom is -0.491 e. The van der Waals surface area contributed by atoms with E-state index in [1.807, 2.05) is 18.2 Å². The second kappa shape index (κ2) is 4.21.